The van der Waals surface area contributed by atoms with Crippen LogP contribution in [0.15, 0.2) is 12.1 Å². The molecule has 0 aliphatic carbocycles. The smallest absolute Gasteiger partial charge is 0.213 e. The van der Waals surface area contributed by atoms with Gasteiger partial charge in [0.05, 0.1) is 6.61 Å². The Morgan fingerprint density at radius 3 is 2.72 bits per heavy atom. The van der Waals surface area contributed by atoms with Gasteiger partial charge in [-0.2, -0.15) is 0 Å². The van der Waals surface area contributed by atoms with E-state index in [0.717, 1.165) is 31.6 Å². The molecule has 102 valence electrons. The van der Waals surface area contributed by atoms with Gasteiger partial charge in [-0.25, -0.2) is 4.98 Å². The predicted molar refractivity (Wildman–Crippen MR) is 73.0 cm³/mol. The van der Waals surface area contributed by atoms with Crippen molar-refractivity contribution in [3.05, 3.63) is 23.4 Å². The van der Waals surface area contributed by atoms with E-state index in [2.05, 4.69) is 30.2 Å². The maximum Gasteiger partial charge on any atom is 0.213 e. The summed E-state index contributed by atoms with van der Waals surface area (Å²) in [5, 5.41) is 3.39. The van der Waals surface area contributed by atoms with Gasteiger partial charge in [0.25, 0.3) is 0 Å². The van der Waals surface area contributed by atoms with E-state index in [1.807, 2.05) is 6.07 Å². The van der Waals surface area contributed by atoms with Crippen LogP contribution in [0.25, 0.3) is 0 Å². The van der Waals surface area contributed by atoms with Crippen LogP contribution < -0.4 is 10.1 Å². The first kappa shape index (κ1) is 14.9. The average Bonchev–Trinajstić information content (AvgIpc) is 2.39. The van der Waals surface area contributed by atoms with E-state index in [-0.39, 0.29) is 0 Å². The second-order valence-corrected chi connectivity index (χ2v) is 4.18. The lowest BCUT2D eigenvalue weighted by Crippen LogP contribution is -2.14. The molecule has 0 fully saturated rings. The molecule has 0 saturated carbocycles. The Labute approximate surface area is 110 Å². The fourth-order valence-corrected chi connectivity index (χ4v) is 1.62. The number of hydrogen-bond donors (Lipinski definition) is 1. The topological polar surface area (TPSA) is 43.4 Å². The minimum atomic E-state index is 0.540. The average molecular weight is 252 g/mol. The van der Waals surface area contributed by atoms with Crippen LogP contribution in [0.2, 0.25) is 0 Å². The first-order valence-corrected chi connectivity index (χ1v) is 6.62. The minimum Gasteiger partial charge on any atom is -0.475 e. The molecule has 0 bridgehead atoms. The number of rotatable bonds is 9. The summed E-state index contributed by atoms with van der Waals surface area (Å²) in [4.78, 5) is 4.45. The molecule has 0 amide bonds. The Kier molecular flexibility index (Phi) is 7.37. The van der Waals surface area contributed by atoms with E-state index < -0.39 is 0 Å². The van der Waals surface area contributed by atoms with E-state index in [9.17, 15) is 0 Å². The fourth-order valence-electron chi connectivity index (χ4n) is 1.62. The van der Waals surface area contributed by atoms with E-state index in [4.69, 9.17) is 9.47 Å². The van der Waals surface area contributed by atoms with Crippen LogP contribution in [0.5, 0.6) is 5.88 Å². The maximum atomic E-state index is 5.57. The zero-order chi connectivity index (χ0) is 13.2. The zero-order valence-electron chi connectivity index (χ0n) is 11.7. The summed E-state index contributed by atoms with van der Waals surface area (Å²) >= 11 is 0. The number of aromatic nitrogens is 1. The monoisotopic (exact) mass is 252 g/mol. The molecule has 4 heteroatoms. The van der Waals surface area contributed by atoms with Gasteiger partial charge >= 0.3 is 0 Å². The van der Waals surface area contributed by atoms with Gasteiger partial charge in [-0.15, -0.1) is 0 Å². The van der Waals surface area contributed by atoms with Crippen LogP contribution in [-0.4, -0.2) is 31.9 Å². The van der Waals surface area contributed by atoms with Crippen molar-refractivity contribution >= 4 is 0 Å². The zero-order valence-corrected chi connectivity index (χ0v) is 11.7. The van der Waals surface area contributed by atoms with Gasteiger partial charge in [-0.05, 0) is 31.0 Å². The highest BCUT2D eigenvalue weighted by Gasteiger charge is 2.03. The van der Waals surface area contributed by atoms with Crippen LogP contribution in [0.3, 0.4) is 0 Å². The first-order valence-electron chi connectivity index (χ1n) is 6.62. The van der Waals surface area contributed by atoms with E-state index in [0.29, 0.717) is 19.1 Å². The molecule has 1 aromatic rings. The highest BCUT2D eigenvalue weighted by molar-refractivity contribution is 5.25. The molecular formula is C14H24N2O2. The molecule has 0 atom stereocenters. The van der Waals surface area contributed by atoms with Gasteiger partial charge < -0.3 is 14.8 Å². The van der Waals surface area contributed by atoms with Crippen LogP contribution >= 0.6 is 0 Å². The van der Waals surface area contributed by atoms with Gasteiger partial charge in [0.1, 0.15) is 6.61 Å². The van der Waals surface area contributed by atoms with Crippen molar-refractivity contribution in [1.29, 1.82) is 0 Å². The SMILES string of the molecule is CCCNCc1cc(CC)nc(OCCOC)c1. The maximum absolute atomic E-state index is 5.57. The van der Waals surface area contributed by atoms with Crippen molar-refractivity contribution in [3.63, 3.8) is 0 Å². The molecule has 0 aliphatic heterocycles. The number of nitrogens with zero attached hydrogens (tertiary/aromatic N) is 1. The fraction of sp³-hybridized carbons (Fsp3) is 0.643. The van der Waals surface area contributed by atoms with E-state index >= 15 is 0 Å². The molecule has 0 aliphatic rings. The quantitative estimate of drug-likeness (QED) is 0.684. The molecule has 0 unspecified atom stereocenters. The number of nitrogens with one attached hydrogen (secondary N) is 1. The summed E-state index contributed by atoms with van der Waals surface area (Å²) in [6.07, 6.45) is 2.06. The molecule has 0 spiro atoms. The van der Waals surface area contributed by atoms with Gasteiger partial charge in [0, 0.05) is 25.4 Å². The van der Waals surface area contributed by atoms with E-state index in [1.54, 1.807) is 7.11 Å². The van der Waals surface area contributed by atoms with Crippen LogP contribution in [0, 0.1) is 0 Å². The van der Waals surface area contributed by atoms with Crippen molar-refractivity contribution in [2.75, 3.05) is 26.9 Å². The third-order valence-corrected chi connectivity index (χ3v) is 2.57. The third-order valence-electron chi connectivity index (χ3n) is 2.57. The van der Waals surface area contributed by atoms with Crippen LogP contribution in [0.4, 0.5) is 0 Å². The van der Waals surface area contributed by atoms with Crippen molar-refractivity contribution in [2.24, 2.45) is 0 Å². The number of aryl methyl sites for hydroxylation is 1. The molecular weight excluding hydrogens is 228 g/mol. The Balaban J connectivity index is 2.62. The predicted octanol–water partition coefficient (Wildman–Crippen LogP) is 2.17. The Hall–Kier alpha value is -1.13. The molecule has 0 saturated heterocycles. The highest BCUT2D eigenvalue weighted by atomic mass is 16.5. The summed E-state index contributed by atoms with van der Waals surface area (Å²) in [6.45, 7) is 7.29. The summed E-state index contributed by atoms with van der Waals surface area (Å²) < 4.78 is 10.5. The lowest BCUT2D eigenvalue weighted by atomic mass is 10.2. The van der Waals surface area contributed by atoms with Crippen molar-refractivity contribution in [1.82, 2.24) is 10.3 Å². The lowest BCUT2D eigenvalue weighted by molar-refractivity contribution is 0.143. The number of pyridine rings is 1. The van der Waals surface area contributed by atoms with Crippen LogP contribution in [-0.2, 0) is 17.7 Å². The molecule has 1 aromatic heterocycles. The summed E-state index contributed by atoms with van der Waals surface area (Å²) in [7, 11) is 1.67. The third kappa shape index (κ3) is 5.47. The largest absolute Gasteiger partial charge is 0.475 e. The molecule has 0 radical (unpaired) electrons. The van der Waals surface area contributed by atoms with Gasteiger partial charge in [0.2, 0.25) is 5.88 Å². The van der Waals surface area contributed by atoms with Gasteiger partial charge in [-0.1, -0.05) is 13.8 Å². The van der Waals surface area contributed by atoms with Crippen molar-refractivity contribution in [3.8, 4) is 5.88 Å². The Morgan fingerprint density at radius 1 is 1.22 bits per heavy atom. The van der Waals surface area contributed by atoms with Gasteiger partial charge in [-0.3, -0.25) is 0 Å². The second kappa shape index (κ2) is 8.89. The molecule has 18 heavy (non-hydrogen) atoms. The number of methoxy groups -OCH3 is 1. The number of ether oxygens (including phenoxy) is 2. The highest BCUT2D eigenvalue weighted by Crippen LogP contribution is 2.13. The normalized spacial score (nSPS) is 10.6. The minimum absolute atomic E-state index is 0.540. The van der Waals surface area contributed by atoms with Crippen LogP contribution in [0.1, 0.15) is 31.5 Å². The second-order valence-electron chi connectivity index (χ2n) is 4.18. The van der Waals surface area contributed by atoms with Crippen molar-refractivity contribution < 1.29 is 9.47 Å². The molecule has 0 aromatic carbocycles. The molecule has 1 N–H and O–H groups in total. The lowest BCUT2D eigenvalue weighted by Gasteiger charge is -2.10. The summed E-state index contributed by atoms with van der Waals surface area (Å²) in [5.41, 5.74) is 2.29. The Bertz CT molecular complexity index is 314. The standard InChI is InChI=1S/C14H24N2O2/c1-4-6-15-11-12-9-13(5-2)16-14(10-12)18-8-7-17-3/h9-10,15H,4-8,11H2,1-3H3. The molecule has 4 nitrogen and oxygen atoms in total. The Morgan fingerprint density at radius 2 is 2.06 bits per heavy atom. The molecule has 1 rings (SSSR count). The summed E-state index contributed by atoms with van der Waals surface area (Å²) in [6, 6.07) is 4.13. The molecule has 1 heterocycles. The summed E-state index contributed by atoms with van der Waals surface area (Å²) in [5.74, 6) is 0.694. The first-order chi connectivity index (χ1) is 8.80. The van der Waals surface area contributed by atoms with Gasteiger partial charge in [0.15, 0.2) is 0 Å². The number of hydrogen-bond acceptors (Lipinski definition) is 4. The van der Waals surface area contributed by atoms with Crippen molar-refractivity contribution in [2.45, 2.75) is 33.2 Å². The van der Waals surface area contributed by atoms with E-state index in [1.165, 1.54) is 5.56 Å².